The average molecular weight is 246 g/mol. The number of hydrogen-bond acceptors (Lipinski definition) is 2. The fraction of sp³-hybridized carbons (Fsp3) is 0.533. The van der Waals surface area contributed by atoms with Gasteiger partial charge in [-0.05, 0) is 50.3 Å². The van der Waals surface area contributed by atoms with Gasteiger partial charge < -0.3 is 10.6 Å². The van der Waals surface area contributed by atoms with Crippen LogP contribution in [0.15, 0.2) is 18.2 Å². The second-order valence-corrected chi connectivity index (χ2v) is 5.20. The third-order valence-corrected chi connectivity index (χ3v) is 3.83. The maximum Gasteiger partial charge on any atom is 0.236 e. The molecule has 18 heavy (non-hydrogen) atoms. The summed E-state index contributed by atoms with van der Waals surface area (Å²) in [4.78, 5) is 11.7. The summed E-state index contributed by atoms with van der Waals surface area (Å²) in [5.41, 5.74) is 4.04. The average Bonchev–Trinajstić information content (AvgIpc) is 2.38. The summed E-state index contributed by atoms with van der Waals surface area (Å²) in [5, 5.41) is 6.02. The lowest BCUT2D eigenvalue weighted by Crippen LogP contribution is -2.47. The molecular formula is C15H22N2O. The highest BCUT2D eigenvalue weighted by atomic mass is 16.2. The largest absolute Gasteiger partial charge is 0.358 e. The molecule has 1 amide bonds. The molecule has 1 aliphatic rings. The molecule has 0 aromatic heterocycles. The van der Waals surface area contributed by atoms with Crippen LogP contribution < -0.4 is 10.6 Å². The Bertz CT molecular complexity index is 442. The van der Waals surface area contributed by atoms with E-state index in [1.165, 1.54) is 16.7 Å². The first-order valence-corrected chi connectivity index (χ1v) is 6.64. The summed E-state index contributed by atoms with van der Waals surface area (Å²) in [5.74, 6) is 0.596. The van der Waals surface area contributed by atoms with E-state index >= 15 is 0 Å². The van der Waals surface area contributed by atoms with Crippen LogP contribution in [0.2, 0.25) is 0 Å². The predicted molar refractivity (Wildman–Crippen MR) is 73.7 cm³/mol. The maximum atomic E-state index is 11.7. The lowest BCUT2D eigenvalue weighted by atomic mass is 9.83. The Morgan fingerprint density at radius 1 is 1.39 bits per heavy atom. The molecule has 2 rings (SSSR count). The Morgan fingerprint density at radius 2 is 2.17 bits per heavy atom. The number of benzene rings is 1. The van der Waals surface area contributed by atoms with Gasteiger partial charge in [0, 0.05) is 7.05 Å². The first-order chi connectivity index (χ1) is 8.61. The van der Waals surface area contributed by atoms with E-state index in [2.05, 4.69) is 42.7 Å². The lowest BCUT2D eigenvalue weighted by molar-refractivity contribution is -0.123. The maximum absolute atomic E-state index is 11.7. The second kappa shape index (κ2) is 5.53. The van der Waals surface area contributed by atoms with Gasteiger partial charge >= 0.3 is 0 Å². The molecule has 0 saturated carbocycles. The number of piperidine rings is 1. The van der Waals surface area contributed by atoms with E-state index in [1.54, 1.807) is 7.05 Å². The zero-order valence-electron chi connectivity index (χ0n) is 11.4. The van der Waals surface area contributed by atoms with Crippen LogP contribution in [0, 0.1) is 13.8 Å². The number of carbonyl (C=O) groups is 1. The van der Waals surface area contributed by atoms with Crippen LogP contribution in [0.25, 0.3) is 0 Å². The van der Waals surface area contributed by atoms with Gasteiger partial charge in [0.25, 0.3) is 0 Å². The first kappa shape index (κ1) is 13.1. The van der Waals surface area contributed by atoms with Crippen molar-refractivity contribution < 1.29 is 4.79 Å². The van der Waals surface area contributed by atoms with Gasteiger partial charge in [-0.25, -0.2) is 0 Å². The molecule has 0 aliphatic carbocycles. The number of aryl methyl sites for hydroxylation is 2. The SMILES string of the molecule is CNC(=O)C1CC(c2ccc(C)cc2C)CCN1. The number of carbonyl (C=O) groups excluding carboxylic acids is 1. The van der Waals surface area contributed by atoms with Crippen molar-refractivity contribution >= 4 is 5.91 Å². The van der Waals surface area contributed by atoms with Crippen LogP contribution in [-0.2, 0) is 4.79 Å². The van der Waals surface area contributed by atoms with Gasteiger partial charge in [-0.2, -0.15) is 0 Å². The molecule has 1 heterocycles. The van der Waals surface area contributed by atoms with Crippen molar-refractivity contribution in [1.82, 2.24) is 10.6 Å². The van der Waals surface area contributed by atoms with E-state index in [0.717, 1.165) is 19.4 Å². The number of hydrogen-bond donors (Lipinski definition) is 2. The first-order valence-electron chi connectivity index (χ1n) is 6.64. The predicted octanol–water partition coefficient (Wildman–Crippen LogP) is 1.89. The Labute approximate surface area is 109 Å². The van der Waals surface area contributed by atoms with Gasteiger partial charge in [-0.1, -0.05) is 23.8 Å². The van der Waals surface area contributed by atoms with E-state index in [4.69, 9.17) is 0 Å². The minimum atomic E-state index is -0.0468. The fourth-order valence-electron chi connectivity index (χ4n) is 2.86. The van der Waals surface area contributed by atoms with Gasteiger partial charge in [0.15, 0.2) is 0 Å². The van der Waals surface area contributed by atoms with Crippen LogP contribution in [0.3, 0.4) is 0 Å². The molecule has 2 atom stereocenters. The molecule has 98 valence electrons. The van der Waals surface area contributed by atoms with Crippen LogP contribution in [0.4, 0.5) is 0 Å². The minimum Gasteiger partial charge on any atom is -0.358 e. The lowest BCUT2D eigenvalue weighted by Gasteiger charge is -2.30. The smallest absolute Gasteiger partial charge is 0.236 e. The summed E-state index contributed by atoms with van der Waals surface area (Å²) >= 11 is 0. The van der Waals surface area contributed by atoms with Gasteiger partial charge in [0.05, 0.1) is 6.04 Å². The molecule has 1 aliphatic heterocycles. The molecule has 3 nitrogen and oxygen atoms in total. The number of nitrogens with one attached hydrogen (secondary N) is 2. The van der Waals surface area contributed by atoms with Crippen molar-refractivity contribution in [3.8, 4) is 0 Å². The topological polar surface area (TPSA) is 41.1 Å². The van der Waals surface area contributed by atoms with Gasteiger partial charge in [0.1, 0.15) is 0 Å². The highest BCUT2D eigenvalue weighted by Gasteiger charge is 2.27. The highest BCUT2D eigenvalue weighted by Crippen LogP contribution is 2.30. The summed E-state index contributed by atoms with van der Waals surface area (Å²) < 4.78 is 0. The molecule has 1 fully saturated rings. The van der Waals surface area contributed by atoms with Crippen LogP contribution in [0.1, 0.15) is 35.4 Å². The summed E-state index contributed by atoms with van der Waals surface area (Å²) in [7, 11) is 1.70. The van der Waals surface area contributed by atoms with E-state index < -0.39 is 0 Å². The Morgan fingerprint density at radius 3 is 2.83 bits per heavy atom. The number of rotatable bonds is 2. The van der Waals surface area contributed by atoms with Crippen LogP contribution in [0.5, 0.6) is 0 Å². The molecule has 0 radical (unpaired) electrons. The van der Waals surface area contributed by atoms with Gasteiger partial charge in [0.2, 0.25) is 5.91 Å². The van der Waals surface area contributed by atoms with Crippen molar-refractivity contribution in [2.45, 2.75) is 38.6 Å². The molecule has 1 saturated heterocycles. The van der Waals surface area contributed by atoms with Crippen molar-refractivity contribution in [3.63, 3.8) is 0 Å². The quantitative estimate of drug-likeness (QED) is 0.836. The van der Waals surface area contributed by atoms with E-state index in [1.807, 2.05) is 0 Å². The van der Waals surface area contributed by atoms with Gasteiger partial charge in [-0.15, -0.1) is 0 Å². The molecular weight excluding hydrogens is 224 g/mol. The minimum absolute atomic E-state index is 0.0468. The molecule has 1 aromatic rings. The Balaban J connectivity index is 2.15. The molecule has 0 spiro atoms. The van der Waals surface area contributed by atoms with Crippen molar-refractivity contribution in [2.75, 3.05) is 13.6 Å². The molecule has 0 bridgehead atoms. The fourth-order valence-corrected chi connectivity index (χ4v) is 2.86. The van der Waals surface area contributed by atoms with E-state index in [-0.39, 0.29) is 11.9 Å². The zero-order chi connectivity index (χ0) is 13.1. The molecule has 1 aromatic carbocycles. The third kappa shape index (κ3) is 2.72. The number of amides is 1. The zero-order valence-corrected chi connectivity index (χ0v) is 11.4. The third-order valence-electron chi connectivity index (χ3n) is 3.83. The molecule has 3 heteroatoms. The summed E-state index contributed by atoms with van der Waals surface area (Å²) in [6, 6.07) is 6.57. The van der Waals surface area contributed by atoms with Crippen LogP contribution in [-0.4, -0.2) is 25.5 Å². The summed E-state index contributed by atoms with van der Waals surface area (Å²) in [6.45, 7) is 5.20. The Hall–Kier alpha value is -1.35. The van der Waals surface area contributed by atoms with Crippen molar-refractivity contribution in [1.29, 1.82) is 0 Å². The van der Waals surface area contributed by atoms with E-state index in [9.17, 15) is 4.79 Å². The molecule has 2 unspecified atom stereocenters. The monoisotopic (exact) mass is 246 g/mol. The highest BCUT2D eigenvalue weighted by molar-refractivity contribution is 5.81. The van der Waals surface area contributed by atoms with E-state index in [0.29, 0.717) is 5.92 Å². The second-order valence-electron chi connectivity index (χ2n) is 5.20. The van der Waals surface area contributed by atoms with Crippen molar-refractivity contribution in [3.05, 3.63) is 34.9 Å². The standard InChI is InChI=1S/C15H22N2O/c1-10-4-5-13(11(2)8-10)12-6-7-17-14(9-12)15(18)16-3/h4-5,8,12,14,17H,6-7,9H2,1-3H3,(H,16,18). The normalized spacial score (nSPS) is 23.7. The summed E-state index contributed by atoms with van der Waals surface area (Å²) in [6.07, 6.45) is 2.00. The van der Waals surface area contributed by atoms with Gasteiger partial charge in [-0.3, -0.25) is 4.79 Å². The van der Waals surface area contributed by atoms with Crippen molar-refractivity contribution in [2.24, 2.45) is 0 Å². The number of likely N-dealkylation sites (N-methyl/N-ethyl adjacent to an activating group) is 1. The van der Waals surface area contributed by atoms with Crippen LogP contribution >= 0.6 is 0 Å². The molecule has 2 N–H and O–H groups in total. The Kier molecular flexibility index (Phi) is 4.02.